The van der Waals surface area contributed by atoms with Crippen LogP contribution in [0.1, 0.15) is 40.1 Å². The maximum absolute atomic E-state index is 12.8. The molecule has 8 heteroatoms. The van der Waals surface area contributed by atoms with Gasteiger partial charge in [0.15, 0.2) is 5.13 Å². The molecule has 1 saturated heterocycles. The van der Waals surface area contributed by atoms with Gasteiger partial charge in [0.25, 0.3) is 5.91 Å². The molecule has 1 aromatic heterocycles. The summed E-state index contributed by atoms with van der Waals surface area (Å²) in [5.74, 6) is -0.345. The second-order valence-electron chi connectivity index (χ2n) is 6.17. The Balaban J connectivity index is 1.88. The molecule has 1 fully saturated rings. The fourth-order valence-corrected chi connectivity index (χ4v) is 5.04. The van der Waals surface area contributed by atoms with Gasteiger partial charge in [-0.2, -0.15) is 4.31 Å². The van der Waals surface area contributed by atoms with E-state index in [9.17, 15) is 13.2 Å². The predicted octanol–water partition coefficient (Wildman–Crippen LogP) is 3.19. The van der Waals surface area contributed by atoms with E-state index in [1.165, 1.54) is 21.7 Å². The number of nitrogens with one attached hydrogen (secondary N) is 1. The Labute approximate surface area is 151 Å². The lowest BCUT2D eigenvalue weighted by Crippen LogP contribution is -2.35. The number of sulfonamides is 1. The number of hydrogen-bond donors (Lipinski definition) is 1. The number of hydrogen-bond acceptors (Lipinski definition) is 5. The molecule has 25 heavy (non-hydrogen) atoms. The Hall–Kier alpha value is -1.77. The van der Waals surface area contributed by atoms with Crippen LogP contribution < -0.4 is 5.32 Å². The molecule has 2 heterocycles. The maximum Gasteiger partial charge on any atom is 0.257 e. The van der Waals surface area contributed by atoms with Gasteiger partial charge in [-0.3, -0.25) is 10.1 Å². The first-order valence-electron chi connectivity index (χ1n) is 8.22. The van der Waals surface area contributed by atoms with Gasteiger partial charge >= 0.3 is 0 Å². The zero-order valence-electron chi connectivity index (χ0n) is 14.3. The number of rotatable bonds is 4. The number of aromatic nitrogens is 1. The number of aryl methyl sites for hydroxylation is 2. The predicted molar refractivity (Wildman–Crippen MR) is 98.6 cm³/mol. The highest BCUT2D eigenvalue weighted by molar-refractivity contribution is 7.89. The van der Waals surface area contributed by atoms with Crippen molar-refractivity contribution in [3.8, 4) is 0 Å². The molecule has 134 valence electrons. The average molecular weight is 380 g/mol. The summed E-state index contributed by atoms with van der Waals surface area (Å²) in [5, 5.41) is 3.24. The molecule has 1 aliphatic heterocycles. The van der Waals surface area contributed by atoms with Crippen molar-refractivity contribution in [2.24, 2.45) is 0 Å². The van der Waals surface area contributed by atoms with E-state index < -0.39 is 10.0 Å². The van der Waals surface area contributed by atoms with Crippen LogP contribution in [0.5, 0.6) is 0 Å². The molecule has 0 atom stereocenters. The molecule has 0 spiro atoms. The normalized spacial score (nSPS) is 15.9. The summed E-state index contributed by atoms with van der Waals surface area (Å²) in [6.07, 6.45) is 4.49. The summed E-state index contributed by atoms with van der Waals surface area (Å²) in [5.41, 5.74) is 1.08. The van der Waals surface area contributed by atoms with Crippen molar-refractivity contribution in [2.45, 2.75) is 38.0 Å². The molecule has 3 rings (SSSR count). The standard InChI is InChI=1S/C17H21N3O3S2/c1-12-6-7-14(25(22,23)20-8-4-3-5-9-20)10-15(12)16(21)19-17-18-11-13(2)24-17/h6-7,10-11H,3-5,8-9H2,1-2H3,(H,18,19,21). The Kier molecular flexibility index (Phi) is 5.21. The molecule has 1 amide bonds. The first-order valence-corrected chi connectivity index (χ1v) is 10.5. The van der Waals surface area contributed by atoms with E-state index in [0.717, 1.165) is 29.7 Å². The van der Waals surface area contributed by atoms with Crippen molar-refractivity contribution < 1.29 is 13.2 Å². The molecule has 2 aromatic rings. The molecule has 0 unspecified atom stereocenters. The zero-order valence-corrected chi connectivity index (χ0v) is 15.9. The van der Waals surface area contributed by atoms with E-state index >= 15 is 0 Å². The largest absolute Gasteiger partial charge is 0.298 e. The van der Waals surface area contributed by atoms with Gasteiger partial charge < -0.3 is 0 Å². The molecule has 1 aliphatic rings. The van der Waals surface area contributed by atoms with Crippen LogP contribution >= 0.6 is 11.3 Å². The molecule has 1 N–H and O–H groups in total. The number of piperidine rings is 1. The number of amides is 1. The van der Waals surface area contributed by atoms with Crippen molar-refractivity contribution in [1.82, 2.24) is 9.29 Å². The lowest BCUT2D eigenvalue weighted by atomic mass is 10.1. The SMILES string of the molecule is Cc1cnc(NC(=O)c2cc(S(=O)(=O)N3CCCCC3)ccc2C)s1. The lowest BCUT2D eigenvalue weighted by molar-refractivity contribution is 0.102. The van der Waals surface area contributed by atoms with E-state index in [0.29, 0.717) is 23.8 Å². The maximum atomic E-state index is 12.8. The summed E-state index contributed by atoms with van der Waals surface area (Å²) >= 11 is 1.38. The highest BCUT2D eigenvalue weighted by atomic mass is 32.2. The van der Waals surface area contributed by atoms with Crippen LogP contribution in [0.25, 0.3) is 0 Å². The van der Waals surface area contributed by atoms with Crippen molar-refractivity contribution in [2.75, 3.05) is 18.4 Å². The zero-order chi connectivity index (χ0) is 18.0. The Bertz CT molecular complexity index is 884. The number of nitrogens with zero attached hydrogens (tertiary/aromatic N) is 2. The smallest absolute Gasteiger partial charge is 0.257 e. The van der Waals surface area contributed by atoms with E-state index in [-0.39, 0.29) is 10.8 Å². The van der Waals surface area contributed by atoms with E-state index in [1.54, 1.807) is 25.3 Å². The van der Waals surface area contributed by atoms with Gasteiger partial charge in [0.1, 0.15) is 0 Å². The quantitative estimate of drug-likeness (QED) is 0.885. The fourth-order valence-electron chi connectivity index (χ4n) is 2.84. The molecule has 1 aromatic carbocycles. The number of anilines is 1. The van der Waals surface area contributed by atoms with Gasteiger partial charge in [-0.15, -0.1) is 11.3 Å². The van der Waals surface area contributed by atoms with Crippen LogP contribution in [0, 0.1) is 13.8 Å². The van der Waals surface area contributed by atoms with Crippen molar-refractivity contribution in [3.05, 3.63) is 40.4 Å². The van der Waals surface area contributed by atoms with Crippen molar-refractivity contribution >= 4 is 32.4 Å². The van der Waals surface area contributed by atoms with E-state index in [4.69, 9.17) is 0 Å². The van der Waals surface area contributed by atoms with Gasteiger partial charge in [-0.05, 0) is 44.4 Å². The molecular weight excluding hydrogens is 358 g/mol. The minimum atomic E-state index is -3.56. The first-order chi connectivity index (χ1) is 11.9. The lowest BCUT2D eigenvalue weighted by Gasteiger charge is -2.26. The topological polar surface area (TPSA) is 79.4 Å². The third-order valence-electron chi connectivity index (χ3n) is 4.25. The number of carbonyl (C=O) groups excluding carboxylic acids is 1. The van der Waals surface area contributed by atoms with Gasteiger partial charge in [0.2, 0.25) is 10.0 Å². The van der Waals surface area contributed by atoms with Gasteiger partial charge in [0, 0.05) is 29.7 Å². The highest BCUT2D eigenvalue weighted by Crippen LogP contribution is 2.24. The average Bonchev–Trinajstić information content (AvgIpc) is 3.00. The van der Waals surface area contributed by atoms with Gasteiger partial charge in [-0.25, -0.2) is 13.4 Å². The number of thiazole rings is 1. The minimum Gasteiger partial charge on any atom is -0.298 e. The number of carbonyl (C=O) groups is 1. The van der Waals surface area contributed by atoms with Crippen LogP contribution in [0.2, 0.25) is 0 Å². The second-order valence-corrected chi connectivity index (χ2v) is 9.34. The molecular formula is C17H21N3O3S2. The minimum absolute atomic E-state index is 0.167. The van der Waals surface area contributed by atoms with Crippen LogP contribution in [-0.2, 0) is 10.0 Å². The Morgan fingerprint density at radius 1 is 1.20 bits per heavy atom. The third kappa shape index (κ3) is 3.91. The molecule has 0 radical (unpaired) electrons. The summed E-state index contributed by atoms with van der Waals surface area (Å²) < 4.78 is 27.1. The summed E-state index contributed by atoms with van der Waals surface area (Å²) in [6, 6.07) is 4.72. The summed E-state index contributed by atoms with van der Waals surface area (Å²) in [4.78, 5) is 17.8. The molecule has 0 aliphatic carbocycles. The van der Waals surface area contributed by atoms with Crippen molar-refractivity contribution in [1.29, 1.82) is 0 Å². The number of benzene rings is 1. The van der Waals surface area contributed by atoms with E-state index in [2.05, 4.69) is 10.3 Å². The van der Waals surface area contributed by atoms with Gasteiger partial charge in [-0.1, -0.05) is 12.5 Å². The molecule has 0 saturated carbocycles. The first kappa shape index (κ1) is 18.0. The van der Waals surface area contributed by atoms with Crippen LogP contribution in [0.15, 0.2) is 29.3 Å². The molecule has 0 bridgehead atoms. The third-order valence-corrected chi connectivity index (χ3v) is 6.97. The van der Waals surface area contributed by atoms with Crippen LogP contribution in [0.4, 0.5) is 5.13 Å². The van der Waals surface area contributed by atoms with Crippen molar-refractivity contribution in [3.63, 3.8) is 0 Å². The fraction of sp³-hybridized carbons (Fsp3) is 0.412. The van der Waals surface area contributed by atoms with Crippen LogP contribution in [-0.4, -0.2) is 36.7 Å². The summed E-state index contributed by atoms with van der Waals surface area (Å²) in [7, 11) is -3.56. The summed E-state index contributed by atoms with van der Waals surface area (Å²) in [6.45, 7) is 4.77. The monoisotopic (exact) mass is 379 g/mol. The van der Waals surface area contributed by atoms with E-state index in [1.807, 2.05) is 6.92 Å². The second kappa shape index (κ2) is 7.23. The van der Waals surface area contributed by atoms with Crippen LogP contribution in [0.3, 0.4) is 0 Å². The Morgan fingerprint density at radius 3 is 2.56 bits per heavy atom. The molecule has 6 nitrogen and oxygen atoms in total. The highest BCUT2D eigenvalue weighted by Gasteiger charge is 2.27. The Morgan fingerprint density at radius 2 is 1.92 bits per heavy atom. The van der Waals surface area contributed by atoms with Gasteiger partial charge in [0.05, 0.1) is 4.90 Å².